The number of aromatic nitrogens is 2. The first kappa shape index (κ1) is 21.0. The van der Waals surface area contributed by atoms with Crippen LogP contribution >= 0.6 is 23.7 Å². The van der Waals surface area contributed by atoms with Crippen molar-refractivity contribution in [3.05, 3.63) is 65.9 Å². The predicted octanol–water partition coefficient (Wildman–Crippen LogP) is 5.08. The van der Waals surface area contributed by atoms with E-state index in [0.29, 0.717) is 0 Å². The average Bonchev–Trinajstić information content (AvgIpc) is 2.76. The van der Waals surface area contributed by atoms with Crippen LogP contribution < -0.4 is 9.64 Å². The molecular formula is C23H26N4OS2. The maximum absolute atomic E-state index is 5.24. The molecule has 0 atom stereocenters. The fraction of sp³-hybridized carbons (Fsp3) is 0.304. The zero-order valence-electron chi connectivity index (χ0n) is 17.5. The molecule has 1 aliphatic rings. The standard InChI is InChI=1S/C23H26N4OS2/c1-17-4-8-20(9-5-17)29-22-16-18(2)24-23(25-22)26-12-14-27(15-13-26)30-21-10-6-19(28-3)7-11-21/h4-11,16H,12-15H2,1-3H3. The number of anilines is 1. The minimum Gasteiger partial charge on any atom is -0.497 e. The molecule has 1 saturated heterocycles. The Morgan fingerprint density at radius 3 is 2.17 bits per heavy atom. The van der Waals surface area contributed by atoms with Gasteiger partial charge in [0.25, 0.3) is 0 Å². The Balaban J connectivity index is 1.37. The summed E-state index contributed by atoms with van der Waals surface area (Å²) in [4.78, 5) is 14.3. The number of hydrogen-bond acceptors (Lipinski definition) is 7. The lowest BCUT2D eigenvalue weighted by atomic mass is 10.2. The molecule has 4 rings (SSSR count). The van der Waals surface area contributed by atoms with Gasteiger partial charge in [-0.25, -0.2) is 14.3 Å². The molecule has 0 amide bonds. The minimum absolute atomic E-state index is 0.832. The Morgan fingerprint density at radius 2 is 1.50 bits per heavy atom. The zero-order valence-corrected chi connectivity index (χ0v) is 19.2. The zero-order chi connectivity index (χ0) is 20.9. The average molecular weight is 439 g/mol. The largest absolute Gasteiger partial charge is 0.497 e. The normalized spacial score (nSPS) is 14.7. The van der Waals surface area contributed by atoms with Crippen molar-refractivity contribution >= 4 is 29.7 Å². The maximum atomic E-state index is 5.24. The number of hydrogen-bond donors (Lipinski definition) is 0. The molecule has 0 saturated carbocycles. The van der Waals surface area contributed by atoms with Gasteiger partial charge in [-0.2, -0.15) is 0 Å². The molecule has 3 aromatic rings. The molecule has 156 valence electrons. The van der Waals surface area contributed by atoms with Gasteiger partial charge >= 0.3 is 0 Å². The third-order valence-corrected chi connectivity index (χ3v) is 6.91. The SMILES string of the molecule is COc1ccc(SN2CCN(c3nc(C)cc(Sc4ccc(C)cc4)n3)CC2)cc1. The second kappa shape index (κ2) is 9.73. The van der Waals surface area contributed by atoms with E-state index in [1.54, 1.807) is 30.8 Å². The molecule has 2 heterocycles. The van der Waals surface area contributed by atoms with E-state index in [2.05, 4.69) is 58.6 Å². The van der Waals surface area contributed by atoms with Gasteiger partial charge < -0.3 is 9.64 Å². The van der Waals surface area contributed by atoms with Crippen LogP contribution in [0.25, 0.3) is 0 Å². The number of rotatable bonds is 6. The summed E-state index contributed by atoms with van der Waals surface area (Å²) in [5, 5.41) is 0.997. The lowest BCUT2D eigenvalue weighted by Crippen LogP contribution is -2.44. The molecule has 5 nitrogen and oxygen atoms in total. The van der Waals surface area contributed by atoms with Gasteiger partial charge in [0.2, 0.25) is 5.95 Å². The molecule has 7 heteroatoms. The van der Waals surface area contributed by atoms with Crippen LogP contribution in [-0.2, 0) is 0 Å². The summed E-state index contributed by atoms with van der Waals surface area (Å²) >= 11 is 3.49. The van der Waals surface area contributed by atoms with Crippen molar-refractivity contribution in [1.29, 1.82) is 0 Å². The van der Waals surface area contributed by atoms with Crippen LogP contribution in [0.1, 0.15) is 11.3 Å². The first-order valence-corrected chi connectivity index (χ1v) is 11.6. The van der Waals surface area contributed by atoms with E-state index in [4.69, 9.17) is 14.7 Å². The second-order valence-corrected chi connectivity index (χ2v) is 9.51. The van der Waals surface area contributed by atoms with Gasteiger partial charge in [0.15, 0.2) is 0 Å². The predicted molar refractivity (Wildman–Crippen MR) is 125 cm³/mol. The summed E-state index contributed by atoms with van der Waals surface area (Å²) in [6, 6.07) is 18.8. The summed E-state index contributed by atoms with van der Waals surface area (Å²) in [6.07, 6.45) is 0. The fourth-order valence-electron chi connectivity index (χ4n) is 3.21. The second-order valence-electron chi connectivity index (χ2n) is 7.25. The number of methoxy groups -OCH3 is 1. The van der Waals surface area contributed by atoms with Crippen molar-refractivity contribution < 1.29 is 4.74 Å². The van der Waals surface area contributed by atoms with E-state index in [0.717, 1.165) is 48.6 Å². The highest BCUT2D eigenvalue weighted by molar-refractivity contribution is 7.99. The quantitative estimate of drug-likeness (QED) is 0.392. The summed E-state index contributed by atoms with van der Waals surface area (Å²) in [7, 11) is 1.69. The summed E-state index contributed by atoms with van der Waals surface area (Å²) in [5.74, 6) is 1.72. The molecule has 1 aromatic heterocycles. The van der Waals surface area contributed by atoms with Gasteiger partial charge in [0, 0.05) is 41.7 Å². The third-order valence-electron chi connectivity index (χ3n) is 4.88. The first-order chi connectivity index (χ1) is 14.6. The van der Waals surface area contributed by atoms with Crippen LogP contribution in [0.3, 0.4) is 0 Å². The van der Waals surface area contributed by atoms with Crippen molar-refractivity contribution in [1.82, 2.24) is 14.3 Å². The lowest BCUT2D eigenvalue weighted by molar-refractivity contribution is 0.414. The number of ether oxygens (including phenoxy) is 1. The Labute approximate surface area is 187 Å². The Kier molecular flexibility index (Phi) is 6.82. The van der Waals surface area contributed by atoms with Crippen LogP contribution in [0.15, 0.2) is 69.4 Å². The number of piperazine rings is 1. The van der Waals surface area contributed by atoms with Crippen LogP contribution in [0.4, 0.5) is 5.95 Å². The minimum atomic E-state index is 0.832. The summed E-state index contributed by atoms with van der Waals surface area (Å²) in [6.45, 7) is 7.92. The van der Waals surface area contributed by atoms with Gasteiger partial charge in [-0.05, 0) is 68.3 Å². The fourth-order valence-corrected chi connectivity index (χ4v) is 4.98. The van der Waals surface area contributed by atoms with E-state index in [9.17, 15) is 0 Å². The smallest absolute Gasteiger partial charge is 0.226 e. The highest BCUT2D eigenvalue weighted by Crippen LogP contribution is 2.29. The summed E-state index contributed by atoms with van der Waals surface area (Å²) < 4.78 is 7.64. The van der Waals surface area contributed by atoms with Gasteiger partial charge in [0.05, 0.1) is 7.11 Å². The number of nitrogens with zero attached hydrogens (tertiary/aromatic N) is 4. The van der Waals surface area contributed by atoms with Gasteiger partial charge in [0.1, 0.15) is 10.8 Å². The Hall–Kier alpha value is -2.22. The monoisotopic (exact) mass is 438 g/mol. The molecule has 1 aliphatic heterocycles. The van der Waals surface area contributed by atoms with E-state index in [-0.39, 0.29) is 0 Å². The van der Waals surface area contributed by atoms with Crippen molar-refractivity contribution in [3.8, 4) is 5.75 Å². The van der Waals surface area contributed by atoms with Crippen LogP contribution in [0.5, 0.6) is 5.75 Å². The molecule has 2 aromatic carbocycles. The van der Waals surface area contributed by atoms with Crippen molar-refractivity contribution in [2.75, 3.05) is 38.2 Å². The topological polar surface area (TPSA) is 41.5 Å². The lowest BCUT2D eigenvalue weighted by Gasteiger charge is -2.34. The molecule has 1 fully saturated rings. The molecular weight excluding hydrogens is 412 g/mol. The van der Waals surface area contributed by atoms with Crippen molar-refractivity contribution in [2.24, 2.45) is 0 Å². The van der Waals surface area contributed by atoms with E-state index >= 15 is 0 Å². The maximum Gasteiger partial charge on any atom is 0.226 e. The first-order valence-electron chi connectivity index (χ1n) is 10.0. The molecule has 30 heavy (non-hydrogen) atoms. The molecule has 0 spiro atoms. The van der Waals surface area contributed by atoms with Crippen LogP contribution in [0.2, 0.25) is 0 Å². The van der Waals surface area contributed by atoms with Crippen LogP contribution in [-0.4, -0.2) is 47.6 Å². The van der Waals surface area contributed by atoms with Gasteiger partial charge in [-0.3, -0.25) is 0 Å². The highest BCUT2D eigenvalue weighted by atomic mass is 32.2. The molecule has 0 unspecified atom stereocenters. The number of aryl methyl sites for hydroxylation is 2. The third kappa shape index (κ3) is 5.47. The van der Waals surface area contributed by atoms with Crippen molar-refractivity contribution in [3.63, 3.8) is 0 Å². The van der Waals surface area contributed by atoms with Crippen molar-refractivity contribution in [2.45, 2.75) is 28.7 Å². The highest BCUT2D eigenvalue weighted by Gasteiger charge is 2.20. The summed E-state index contributed by atoms with van der Waals surface area (Å²) in [5.41, 5.74) is 2.27. The molecule has 0 bridgehead atoms. The van der Waals surface area contributed by atoms with Gasteiger partial charge in [-0.1, -0.05) is 29.5 Å². The van der Waals surface area contributed by atoms with E-state index in [1.807, 2.05) is 19.1 Å². The van der Waals surface area contributed by atoms with E-state index in [1.165, 1.54) is 15.4 Å². The molecule has 0 aliphatic carbocycles. The van der Waals surface area contributed by atoms with Gasteiger partial charge in [-0.15, -0.1) is 0 Å². The molecule has 0 N–H and O–H groups in total. The van der Waals surface area contributed by atoms with Crippen LogP contribution in [0, 0.1) is 13.8 Å². The Morgan fingerprint density at radius 1 is 0.833 bits per heavy atom. The number of benzene rings is 2. The molecule has 0 radical (unpaired) electrons. The Bertz CT molecular complexity index is 971. The van der Waals surface area contributed by atoms with E-state index < -0.39 is 0 Å².